The number of rotatable bonds is 1. The highest BCUT2D eigenvalue weighted by Crippen LogP contribution is 2.37. The maximum Gasteiger partial charge on any atom is 0.0934 e. The van der Waals surface area contributed by atoms with E-state index in [9.17, 15) is 0 Å². The van der Waals surface area contributed by atoms with Crippen molar-refractivity contribution in [3.8, 4) is 0 Å². The third-order valence-electron chi connectivity index (χ3n) is 2.77. The molecule has 1 aromatic heterocycles. The summed E-state index contributed by atoms with van der Waals surface area (Å²) in [7, 11) is 0. The number of nitrogens with one attached hydrogen (secondary N) is 1. The molecule has 1 N–H and O–H groups in total. The molecule has 1 aliphatic rings. The van der Waals surface area contributed by atoms with Gasteiger partial charge in [0.1, 0.15) is 0 Å². The summed E-state index contributed by atoms with van der Waals surface area (Å²) in [5.41, 5.74) is 1.42. The van der Waals surface area contributed by atoms with Crippen LogP contribution in [-0.2, 0) is 6.42 Å². The normalized spacial score (nSPS) is 26.6. The molecule has 0 saturated heterocycles. The summed E-state index contributed by atoms with van der Waals surface area (Å²) in [6.45, 7) is 6.75. The Morgan fingerprint density at radius 1 is 1.57 bits per heavy atom. The van der Waals surface area contributed by atoms with Gasteiger partial charge in [-0.05, 0) is 30.9 Å². The van der Waals surface area contributed by atoms with E-state index in [2.05, 4.69) is 32.2 Å². The van der Waals surface area contributed by atoms with Crippen LogP contribution in [0.5, 0.6) is 0 Å². The molecule has 1 aliphatic heterocycles. The highest BCUT2D eigenvalue weighted by molar-refractivity contribution is 7.16. The van der Waals surface area contributed by atoms with Crippen LogP contribution < -0.4 is 5.32 Å². The average molecular weight is 230 g/mol. The fourth-order valence-electron chi connectivity index (χ4n) is 2.12. The predicted octanol–water partition coefficient (Wildman–Crippen LogP) is 3.63. The second-order valence-corrected chi connectivity index (χ2v) is 6.19. The van der Waals surface area contributed by atoms with Gasteiger partial charge in [0, 0.05) is 17.0 Å². The lowest BCUT2D eigenvalue weighted by Crippen LogP contribution is -2.38. The molecule has 0 spiro atoms. The maximum atomic E-state index is 6.06. The zero-order chi connectivity index (χ0) is 10.3. The van der Waals surface area contributed by atoms with Gasteiger partial charge in [-0.15, -0.1) is 11.3 Å². The minimum atomic E-state index is 0.484. The first-order valence-electron chi connectivity index (χ1n) is 5.12. The molecule has 14 heavy (non-hydrogen) atoms. The third kappa shape index (κ3) is 1.83. The van der Waals surface area contributed by atoms with Crippen molar-refractivity contribution in [2.24, 2.45) is 5.92 Å². The van der Waals surface area contributed by atoms with Crippen molar-refractivity contribution in [3.63, 3.8) is 0 Å². The van der Waals surface area contributed by atoms with Crippen LogP contribution in [0.4, 0.5) is 0 Å². The molecule has 1 nitrogen and oxygen atoms in total. The smallest absolute Gasteiger partial charge is 0.0934 e. The van der Waals surface area contributed by atoms with Crippen LogP contribution in [0.25, 0.3) is 0 Å². The van der Waals surface area contributed by atoms with Gasteiger partial charge >= 0.3 is 0 Å². The standard InChI is InChI=1S/C11H16ClNS/c1-6(2)11-8-5-10(12)14-9(8)4-7(3)13-11/h5-7,11,13H,4H2,1-3H3. The lowest BCUT2D eigenvalue weighted by atomic mass is 9.90. The molecule has 0 amide bonds. The van der Waals surface area contributed by atoms with E-state index in [1.54, 1.807) is 11.3 Å². The molecule has 0 aliphatic carbocycles. The Labute approximate surface area is 94.5 Å². The van der Waals surface area contributed by atoms with Crippen molar-refractivity contribution in [3.05, 3.63) is 20.8 Å². The van der Waals surface area contributed by atoms with Gasteiger partial charge in [0.05, 0.1) is 4.34 Å². The monoisotopic (exact) mass is 229 g/mol. The zero-order valence-electron chi connectivity index (χ0n) is 8.80. The molecule has 0 aromatic carbocycles. The Morgan fingerprint density at radius 3 is 2.93 bits per heavy atom. The second kappa shape index (κ2) is 3.84. The van der Waals surface area contributed by atoms with Crippen molar-refractivity contribution < 1.29 is 0 Å². The molecule has 0 bridgehead atoms. The van der Waals surface area contributed by atoms with E-state index in [1.165, 1.54) is 10.4 Å². The van der Waals surface area contributed by atoms with E-state index in [0.29, 0.717) is 18.0 Å². The van der Waals surface area contributed by atoms with E-state index in [0.717, 1.165) is 10.8 Å². The van der Waals surface area contributed by atoms with Crippen molar-refractivity contribution in [2.45, 2.75) is 39.3 Å². The minimum Gasteiger partial charge on any atom is -0.307 e. The predicted molar refractivity (Wildman–Crippen MR) is 63.2 cm³/mol. The molecule has 2 atom stereocenters. The van der Waals surface area contributed by atoms with E-state index in [4.69, 9.17) is 11.6 Å². The highest BCUT2D eigenvalue weighted by atomic mass is 35.5. The van der Waals surface area contributed by atoms with Crippen LogP contribution in [0.1, 0.15) is 37.3 Å². The Balaban J connectivity index is 2.37. The topological polar surface area (TPSA) is 12.0 Å². The Bertz CT molecular complexity index is 332. The molecule has 3 heteroatoms. The van der Waals surface area contributed by atoms with Crippen LogP contribution in [0, 0.1) is 5.92 Å². The summed E-state index contributed by atoms with van der Waals surface area (Å²) in [5.74, 6) is 0.627. The molecule has 0 saturated carbocycles. The molecular formula is C11H16ClNS. The first-order chi connectivity index (χ1) is 6.58. The average Bonchev–Trinajstić information content (AvgIpc) is 2.42. The number of fused-ring (bicyclic) bond motifs is 1. The van der Waals surface area contributed by atoms with Crippen molar-refractivity contribution in [1.29, 1.82) is 0 Å². The summed E-state index contributed by atoms with van der Waals surface area (Å²) < 4.78 is 0.927. The number of halogens is 1. The summed E-state index contributed by atoms with van der Waals surface area (Å²) in [4.78, 5) is 1.47. The van der Waals surface area contributed by atoms with Gasteiger partial charge in [0.25, 0.3) is 0 Å². The quantitative estimate of drug-likeness (QED) is 0.776. The van der Waals surface area contributed by atoms with E-state index < -0.39 is 0 Å². The fourth-order valence-corrected chi connectivity index (χ4v) is 3.57. The molecule has 78 valence electrons. The molecule has 2 rings (SSSR count). The van der Waals surface area contributed by atoms with Gasteiger partial charge in [-0.1, -0.05) is 25.4 Å². The summed E-state index contributed by atoms with van der Waals surface area (Å²) >= 11 is 7.80. The summed E-state index contributed by atoms with van der Waals surface area (Å²) in [6.07, 6.45) is 1.12. The number of hydrogen-bond donors (Lipinski definition) is 1. The van der Waals surface area contributed by atoms with Crippen molar-refractivity contribution in [1.82, 2.24) is 5.32 Å². The number of thiophene rings is 1. The Morgan fingerprint density at radius 2 is 2.29 bits per heavy atom. The summed E-state index contributed by atoms with van der Waals surface area (Å²) in [5, 5.41) is 3.63. The van der Waals surface area contributed by atoms with Crippen molar-refractivity contribution in [2.75, 3.05) is 0 Å². The van der Waals surface area contributed by atoms with Gasteiger partial charge in [0.2, 0.25) is 0 Å². The van der Waals surface area contributed by atoms with Gasteiger partial charge in [0.15, 0.2) is 0 Å². The SMILES string of the molecule is CC1Cc2sc(Cl)cc2C(C(C)C)N1. The van der Waals surface area contributed by atoms with Crippen LogP contribution in [0.15, 0.2) is 6.07 Å². The first-order valence-corrected chi connectivity index (χ1v) is 6.31. The van der Waals surface area contributed by atoms with Crippen molar-refractivity contribution >= 4 is 22.9 Å². The number of hydrogen-bond acceptors (Lipinski definition) is 2. The van der Waals surface area contributed by atoms with Crippen LogP contribution in [0.3, 0.4) is 0 Å². The molecule has 2 unspecified atom stereocenters. The zero-order valence-corrected chi connectivity index (χ0v) is 10.4. The lowest BCUT2D eigenvalue weighted by Gasteiger charge is -2.31. The van der Waals surface area contributed by atoms with Crippen LogP contribution >= 0.6 is 22.9 Å². The van der Waals surface area contributed by atoms with Crippen LogP contribution in [0.2, 0.25) is 4.34 Å². The Hall–Kier alpha value is -0.0500. The van der Waals surface area contributed by atoms with Gasteiger partial charge in [-0.2, -0.15) is 0 Å². The third-order valence-corrected chi connectivity index (χ3v) is 4.07. The molecular weight excluding hydrogens is 214 g/mol. The van der Waals surface area contributed by atoms with Gasteiger partial charge < -0.3 is 5.32 Å². The first kappa shape index (κ1) is 10.5. The lowest BCUT2D eigenvalue weighted by molar-refractivity contribution is 0.349. The molecule has 1 aromatic rings. The Kier molecular flexibility index (Phi) is 2.87. The molecule has 2 heterocycles. The highest BCUT2D eigenvalue weighted by Gasteiger charge is 2.27. The van der Waals surface area contributed by atoms with E-state index >= 15 is 0 Å². The molecule has 0 radical (unpaired) electrons. The minimum absolute atomic E-state index is 0.484. The van der Waals surface area contributed by atoms with Gasteiger partial charge in [-0.3, -0.25) is 0 Å². The van der Waals surface area contributed by atoms with Crippen LogP contribution in [-0.4, -0.2) is 6.04 Å². The summed E-state index contributed by atoms with van der Waals surface area (Å²) in [6, 6.07) is 3.19. The largest absolute Gasteiger partial charge is 0.307 e. The molecule has 0 fully saturated rings. The maximum absolute atomic E-state index is 6.06. The van der Waals surface area contributed by atoms with E-state index in [-0.39, 0.29) is 0 Å². The van der Waals surface area contributed by atoms with Gasteiger partial charge in [-0.25, -0.2) is 0 Å². The fraction of sp³-hybridized carbons (Fsp3) is 0.636. The van der Waals surface area contributed by atoms with E-state index in [1.807, 2.05) is 0 Å². The second-order valence-electron chi connectivity index (χ2n) is 4.42.